The quantitative estimate of drug-likeness (QED) is 0.541. The SMILES string of the molecule is CCC[C@H]1C[NH2+][C@H](C(=O)[O-])C1. The van der Waals surface area contributed by atoms with Crippen molar-refractivity contribution in [2.24, 2.45) is 5.92 Å². The van der Waals surface area contributed by atoms with Crippen LogP contribution in [-0.4, -0.2) is 18.6 Å². The van der Waals surface area contributed by atoms with Gasteiger partial charge in [-0.15, -0.1) is 0 Å². The van der Waals surface area contributed by atoms with Crippen molar-refractivity contribution >= 4 is 5.97 Å². The maximum Gasteiger partial charge on any atom is 0.127 e. The van der Waals surface area contributed by atoms with Crippen LogP contribution in [0.2, 0.25) is 0 Å². The number of quaternary nitrogens is 1. The summed E-state index contributed by atoms with van der Waals surface area (Å²) in [5.41, 5.74) is 0. The third-order valence-electron chi connectivity index (χ3n) is 2.34. The molecule has 0 unspecified atom stereocenters. The van der Waals surface area contributed by atoms with Gasteiger partial charge in [-0.25, -0.2) is 0 Å². The maximum atomic E-state index is 10.4. The van der Waals surface area contributed by atoms with E-state index >= 15 is 0 Å². The minimum Gasteiger partial charge on any atom is -0.544 e. The average Bonchev–Trinajstić information content (AvgIpc) is 2.37. The molecule has 0 aromatic carbocycles. The maximum absolute atomic E-state index is 10.4. The van der Waals surface area contributed by atoms with E-state index in [2.05, 4.69) is 6.92 Å². The molecule has 2 N–H and O–H groups in total. The van der Waals surface area contributed by atoms with Crippen LogP contribution in [0.25, 0.3) is 0 Å². The number of hydrogen-bond acceptors (Lipinski definition) is 2. The summed E-state index contributed by atoms with van der Waals surface area (Å²) in [6, 6.07) is -0.272. The summed E-state index contributed by atoms with van der Waals surface area (Å²) in [6.45, 7) is 3.10. The molecule has 1 aliphatic heterocycles. The van der Waals surface area contributed by atoms with Crippen LogP contribution in [-0.2, 0) is 4.79 Å². The van der Waals surface area contributed by atoms with Gasteiger partial charge in [-0.2, -0.15) is 0 Å². The topological polar surface area (TPSA) is 56.7 Å². The Morgan fingerprint density at radius 3 is 2.91 bits per heavy atom. The second-order valence-electron chi connectivity index (χ2n) is 3.29. The van der Waals surface area contributed by atoms with E-state index in [1.165, 1.54) is 0 Å². The van der Waals surface area contributed by atoms with E-state index in [9.17, 15) is 9.90 Å². The van der Waals surface area contributed by atoms with Crippen LogP contribution in [0.4, 0.5) is 0 Å². The first-order valence-electron chi connectivity index (χ1n) is 4.28. The van der Waals surface area contributed by atoms with Crippen LogP contribution in [0.15, 0.2) is 0 Å². The van der Waals surface area contributed by atoms with Crippen LogP contribution >= 0.6 is 0 Å². The van der Waals surface area contributed by atoms with E-state index < -0.39 is 5.97 Å². The lowest BCUT2D eigenvalue weighted by Gasteiger charge is -2.06. The van der Waals surface area contributed by atoms with Gasteiger partial charge in [-0.3, -0.25) is 0 Å². The molecule has 1 fully saturated rings. The van der Waals surface area contributed by atoms with Crippen molar-refractivity contribution in [3.05, 3.63) is 0 Å². The van der Waals surface area contributed by atoms with Crippen LogP contribution < -0.4 is 10.4 Å². The van der Waals surface area contributed by atoms with Crippen molar-refractivity contribution in [2.45, 2.75) is 32.2 Å². The van der Waals surface area contributed by atoms with Crippen LogP contribution in [0.1, 0.15) is 26.2 Å². The lowest BCUT2D eigenvalue weighted by Crippen LogP contribution is -2.90. The van der Waals surface area contributed by atoms with Gasteiger partial charge in [0.25, 0.3) is 0 Å². The van der Waals surface area contributed by atoms with Gasteiger partial charge in [0.2, 0.25) is 0 Å². The van der Waals surface area contributed by atoms with E-state index in [0.29, 0.717) is 5.92 Å². The number of carbonyl (C=O) groups is 1. The first-order chi connectivity index (χ1) is 5.24. The summed E-state index contributed by atoms with van der Waals surface area (Å²) in [5, 5.41) is 12.3. The predicted octanol–water partition coefficient (Wildman–Crippen LogP) is -1.51. The van der Waals surface area contributed by atoms with Gasteiger partial charge in [-0.1, -0.05) is 13.3 Å². The summed E-state index contributed by atoms with van der Waals surface area (Å²) in [5.74, 6) is -0.300. The predicted molar refractivity (Wildman–Crippen MR) is 38.6 cm³/mol. The molecule has 0 saturated carbocycles. The summed E-state index contributed by atoms with van der Waals surface area (Å²) in [4.78, 5) is 10.4. The fourth-order valence-corrected chi connectivity index (χ4v) is 1.74. The molecule has 3 heteroatoms. The Bertz CT molecular complexity index is 147. The highest BCUT2D eigenvalue weighted by Gasteiger charge is 2.27. The van der Waals surface area contributed by atoms with Gasteiger partial charge in [-0.05, 0) is 6.42 Å². The van der Waals surface area contributed by atoms with Crippen molar-refractivity contribution < 1.29 is 15.2 Å². The van der Waals surface area contributed by atoms with E-state index in [1.807, 2.05) is 5.32 Å². The third kappa shape index (κ3) is 2.19. The Morgan fingerprint density at radius 1 is 1.73 bits per heavy atom. The number of carboxylic acid groups (broad SMARTS) is 1. The lowest BCUT2D eigenvalue weighted by molar-refractivity contribution is -0.666. The minimum atomic E-state index is -0.899. The molecule has 11 heavy (non-hydrogen) atoms. The van der Waals surface area contributed by atoms with E-state index in [4.69, 9.17) is 0 Å². The molecule has 64 valence electrons. The number of carbonyl (C=O) groups excluding carboxylic acids is 1. The number of hydrogen-bond donors (Lipinski definition) is 1. The molecule has 3 nitrogen and oxygen atoms in total. The molecule has 1 heterocycles. The Hall–Kier alpha value is -0.570. The highest BCUT2D eigenvalue weighted by molar-refractivity contribution is 5.69. The highest BCUT2D eigenvalue weighted by atomic mass is 16.4. The summed E-state index contributed by atoms with van der Waals surface area (Å²) in [7, 11) is 0. The molecule has 1 saturated heterocycles. The van der Waals surface area contributed by atoms with Gasteiger partial charge < -0.3 is 15.2 Å². The second kappa shape index (κ2) is 3.72. The van der Waals surface area contributed by atoms with Crippen molar-refractivity contribution in [3.8, 4) is 0 Å². The lowest BCUT2D eigenvalue weighted by atomic mass is 10.0. The molecule has 1 aliphatic rings. The van der Waals surface area contributed by atoms with Gasteiger partial charge in [0.1, 0.15) is 6.04 Å². The molecular weight excluding hydrogens is 142 g/mol. The molecule has 0 aliphatic carbocycles. The molecule has 0 aromatic heterocycles. The first kappa shape index (κ1) is 8.53. The van der Waals surface area contributed by atoms with Crippen LogP contribution in [0.5, 0.6) is 0 Å². The van der Waals surface area contributed by atoms with Gasteiger partial charge in [0, 0.05) is 12.3 Å². The zero-order chi connectivity index (χ0) is 8.27. The number of aliphatic carboxylic acids is 1. The zero-order valence-corrected chi connectivity index (χ0v) is 6.88. The minimum absolute atomic E-state index is 0.272. The highest BCUT2D eigenvalue weighted by Crippen LogP contribution is 2.13. The van der Waals surface area contributed by atoms with E-state index in [0.717, 1.165) is 25.8 Å². The standard InChI is InChI=1S/C8H15NO2/c1-2-3-6-4-7(8(10)11)9-5-6/h6-7,9H,2-5H2,1H3,(H,10,11)/t6-,7+/m1/s1. The summed E-state index contributed by atoms with van der Waals surface area (Å²) < 4.78 is 0. The van der Waals surface area contributed by atoms with Gasteiger partial charge in [0.05, 0.1) is 12.5 Å². The molecule has 0 radical (unpaired) electrons. The molecule has 0 bridgehead atoms. The molecule has 0 amide bonds. The normalized spacial score (nSPS) is 30.6. The number of carboxylic acids is 1. The molecule has 1 rings (SSSR count). The Morgan fingerprint density at radius 2 is 2.45 bits per heavy atom. The Kier molecular flexibility index (Phi) is 2.88. The van der Waals surface area contributed by atoms with Crippen molar-refractivity contribution in [2.75, 3.05) is 6.54 Å². The smallest absolute Gasteiger partial charge is 0.127 e. The summed E-state index contributed by atoms with van der Waals surface area (Å²) >= 11 is 0. The van der Waals surface area contributed by atoms with Crippen LogP contribution in [0, 0.1) is 5.92 Å². The Balaban J connectivity index is 2.29. The van der Waals surface area contributed by atoms with Crippen LogP contribution in [0.3, 0.4) is 0 Å². The van der Waals surface area contributed by atoms with E-state index in [-0.39, 0.29) is 6.04 Å². The molecule has 0 aromatic rings. The zero-order valence-electron chi connectivity index (χ0n) is 6.88. The molecular formula is C8H15NO2. The monoisotopic (exact) mass is 157 g/mol. The van der Waals surface area contributed by atoms with E-state index in [1.54, 1.807) is 0 Å². The Labute approximate surface area is 66.8 Å². The fourth-order valence-electron chi connectivity index (χ4n) is 1.74. The second-order valence-corrected chi connectivity index (χ2v) is 3.29. The van der Waals surface area contributed by atoms with Crippen molar-refractivity contribution in [3.63, 3.8) is 0 Å². The number of rotatable bonds is 3. The average molecular weight is 157 g/mol. The summed E-state index contributed by atoms with van der Waals surface area (Å²) in [6.07, 6.45) is 3.11. The molecule has 2 atom stereocenters. The van der Waals surface area contributed by atoms with Crippen molar-refractivity contribution in [1.29, 1.82) is 0 Å². The number of nitrogens with two attached hydrogens (primary N) is 1. The largest absolute Gasteiger partial charge is 0.544 e. The van der Waals surface area contributed by atoms with Gasteiger partial charge >= 0.3 is 0 Å². The van der Waals surface area contributed by atoms with Crippen molar-refractivity contribution in [1.82, 2.24) is 0 Å². The van der Waals surface area contributed by atoms with Gasteiger partial charge in [0.15, 0.2) is 0 Å². The third-order valence-corrected chi connectivity index (χ3v) is 2.34. The first-order valence-corrected chi connectivity index (χ1v) is 4.28. The fraction of sp³-hybridized carbons (Fsp3) is 0.875. The molecule has 0 spiro atoms.